The molecule has 1 aromatic carbocycles. The zero-order chi connectivity index (χ0) is 22.1. The number of ether oxygens (including phenoxy) is 1. The van der Waals surface area contributed by atoms with E-state index in [1.54, 1.807) is 6.07 Å². The number of hydrogen-bond acceptors (Lipinski definition) is 8. The zero-order valence-corrected chi connectivity index (χ0v) is 17.7. The quantitative estimate of drug-likeness (QED) is 0.786. The molecule has 9 heteroatoms. The molecule has 0 radical (unpaired) electrons. The number of aliphatic hydroxyl groups excluding tert-OH is 1. The van der Waals surface area contributed by atoms with Gasteiger partial charge in [0.15, 0.2) is 23.6 Å². The molecule has 31 heavy (non-hydrogen) atoms. The number of aromatic nitrogens is 1. The van der Waals surface area contributed by atoms with Gasteiger partial charge < -0.3 is 24.2 Å². The maximum absolute atomic E-state index is 14.0. The van der Waals surface area contributed by atoms with Gasteiger partial charge in [0, 0.05) is 48.8 Å². The summed E-state index contributed by atoms with van der Waals surface area (Å²) in [6.45, 7) is 3.87. The normalized spacial score (nSPS) is 19.2. The molecule has 8 nitrogen and oxygen atoms in total. The van der Waals surface area contributed by atoms with Crippen molar-refractivity contribution in [3.05, 3.63) is 46.5 Å². The van der Waals surface area contributed by atoms with Crippen molar-refractivity contribution >= 4 is 5.84 Å². The van der Waals surface area contributed by atoms with E-state index in [0.29, 0.717) is 30.0 Å². The van der Waals surface area contributed by atoms with E-state index in [2.05, 4.69) is 10.1 Å². The van der Waals surface area contributed by atoms with Crippen molar-refractivity contribution in [3.63, 3.8) is 0 Å². The third-order valence-corrected chi connectivity index (χ3v) is 5.63. The number of nitrogens with zero attached hydrogens (tertiary/aromatic N) is 5. The van der Waals surface area contributed by atoms with Crippen LogP contribution >= 0.6 is 0 Å². The molecule has 0 spiro atoms. The van der Waals surface area contributed by atoms with Crippen LogP contribution in [0.1, 0.15) is 31.0 Å². The number of hydrogen-bond donors (Lipinski definition) is 1. The minimum absolute atomic E-state index is 0.0136. The van der Waals surface area contributed by atoms with Gasteiger partial charge in [-0.25, -0.2) is 9.38 Å². The van der Waals surface area contributed by atoms with Crippen LogP contribution in [0.5, 0.6) is 5.75 Å². The molecule has 0 saturated carbocycles. The molecule has 0 amide bonds. The average Bonchev–Trinajstić information content (AvgIpc) is 3.24. The molecule has 1 unspecified atom stereocenters. The van der Waals surface area contributed by atoms with E-state index in [4.69, 9.17) is 14.3 Å². The van der Waals surface area contributed by atoms with Gasteiger partial charge in [-0.3, -0.25) is 0 Å². The molecule has 2 aliphatic heterocycles. The average molecular weight is 425 g/mol. The van der Waals surface area contributed by atoms with E-state index in [9.17, 15) is 14.8 Å². The van der Waals surface area contributed by atoms with Gasteiger partial charge in [0.05, 0.1) is 19.2 Å². The van der Waals surface area contributed by atoms with Gasteiger partial charge in [-0.1, -0.05) is 12.1 Å². The molecule has 3 heterocycles. The molecule has 0 fully saturated rings. The van der Waals surface area contributed by atoms with Gasteiger partial charge in [0.1, 0.15) is 17.6 Å². The third-order valence-electron chi connectivity index (χ3n) is 5.63. The van der Waals surface area contributed by atoms with Gasteiger partial charge >= 0.3 is 0 Å². The fourth-order valence-corrected chi connectivity index (χ4v) is 3.98. The van der Waals surface area contributed by atoms with Crippen molar-refractivity contribution in [1.29, 1.82) is 5.26 Å². The maximum Gasteiger partial charge on any atom is 0.168 e. The number of benzene rings is 1. The molecular weight excluding hydrogens is 401 g/mol. The first kappa shape index (κ1) is 21.0. The third kappa shape index (κ3) is 3.92. The standard InChI is InChI=1S/C22H24FN5O3/c1-4-21-25-18-5-6-27(2)12-16(18)22(29)28(21)11-14-8-19(31-26-14)15-9-20(30-3)17(23)7-13(15)10-24/h7-9,22,29H,4-6,11-12H2,1-3H3. The number of aliphatic hydroxyl groups is 1. The molecule has 1 atom stereocenters. The first-order valence-electron chi connectivity index (χ1n) is 10.1. The van der Waals surface area contributed by atoms with Crippen molar-refractivity contribution in [3.8, 4) is 23.1 Å². The summed E-state index contributed by atoms with van der Waals surface area (Å²) in [5.74, 6) is 0.508. The number of amidine groups is 1. The molecular formula is C22H24FN5O3. The lowest BCUT2D eigenvalue weighted by Crippen LogP contribution is -2.47. The van der Waals surface area contributed by atoms with Crippen LogP contribution in [0.15, 0.2) is 39.0 Å². The number of likely N-dealkylation sites (N-methyl/N-ethyl adjacent to an activating group) is 1. The molecule has 162 valence electrons. The van der Waals surface area contributed by atoms with E-state index >= 15 is 0 Å². The Morgan fingerprint density at radius 3 is 2.90 bits per heavy atom. The molecule has 0 aliphatic carbocycles. The summed E-state index contributed by atoms with van der Waals surface area (Å²) < 4.78 is 24.4. The Morgan fingerprint density at radius 1 is 1.39 bits per heavy atom. The lowest BCUT2D eigenvalue weighted by atomic mass is 10.0. The second-order valence-electron chi connectivity index (χ2n) is 7.67. The van der Waals surface area contributed by atoms with E-state index in [1.165, 1.54) is 13.2 Å². The van der Waals surface area contributed by atoms with E-state index < -0.39 is 12.0 Å². The van der Waals surface area contributed by atoms with Crippen molar-refractivity contribution < 1.29 is 18.8 Å². The number of rotatable bonds is 5. The lowest BCUT2D eigenvalue weighted by Gasteiger charge is -2.39. The molecule has 1 aromatic heterocycles. The Labute approximate surface area is 179 Å². The first-order chi connectivity index (χ1) is 14.9. The largest absolute Gasteiger partial charge is 0.494 e. The van der Waals surface area contributed by atoms with Crippen molar-refractivity contribution in [2.45, 2.75) is 32.5 Å². The van der Waals surface area contributed by atoms with Crippen molar-refractivity contribution in [2.24, 2.45) is 4.99 Å². The van der Waals surface area contributed by atoms with Crippen LogP contribution in [0.4, 0.5) is 4.39 Å². The summed E-state index contributed by atoms with van der Waals surface area (Å²) in [5, 5.41) is 24.5. The van der Waals surface area contributed by atoms with E-state index in [1.807, 2.05) is 24.9 Å². The smallest absolute Gasteiger partial charge is 0.168 e. The fraction of sp³-hybridized carbons (Fsp3) is 0.409. The van der Waals surface area contributed by atoms with Crippen molar-refractivity contribution in [1.82, 2.24) is 15.0 Å². The predicted molar refractivity (Wildman–Crippen MR) is 112 cm³/mol. The molecule has 2 aromatic rings. The zero-order valence-electron chi connectivity index (χ0n) is 17.7. The predicted octanol–water partition coefficient (Wildman–Crippen LogP) is 2.89. The van der Waals surface area contributed by atoms with E-state index in [-0.39, 0.29) is 17.9 Å². The summed E-state index contributed by atoms with van der Waals surface area (Å²) in [4.78, 5) is 8.76. The van der Waals surface area contributed by atoms with Gasteiger partial charge in [0.25, 0.3) is 0 Å². The number of halogens is 1. The van der Waals surface area contributed by atoms with Crippen LogP contribution in [0, 0.1) is 17.1 Å². The Hall–Kier alpha value is -3.22. The first-order valence-corrected chi connectivity index (χ1v) is 10.1. The minimum atomic E-state index is -0.786. The van der Waals surface area contributed by atoms with Gasteiger partial charge in [-0.2, -0.15) is 5.26 Å². The molecule has 0 bridgehead atoms. The monoisotopic (exact) mass is 425 g/mol. The van der Waals surface area contributed by atoms with Gasteiger partial charge in [-0.05, 0) is 19.2 Å². The Kier molecular flexibility index (Phi) is 5.76. The second-order valence-corrected chi connectivity index (χ2v) is 7.67. The molecule has 4 rings (SSSR count). The Balaban J connectivity index is 1.62. The number of nitriles is 1. The Morgan fingerprint density at radius 2 is 2.19 bits per heavy atom. The Bertz CT molecular complexity index is 1100. The second kappa shape index (κ2) is 8.49. The summed E-state index contributed by atoms with van der Waals surface area (Å²) in [5.41, 5.74) is 2.95. The fourth-order valence-electron chi connectivity index (χ4n) is 3.98. The van der Waals surface area contributed by atoms with Crippen LogP contribution in [-0.2, 0) is 6.54 Å². The summed E-state index contributed by atoms with van der Waals surface area (Å²) >= 11 is 0. The maximum atomic E-state index is 14.0. The number of methoxy groups -OCH3 is 1. The topological polar surface area (TPSA) is 98.1 Å². The minimum Gasteiger partial charge on any atom is -0.494 e. The van der Waals surface area contributed by atoms with E-state index in [0.717, 1.165) is 36.1 Å². The summed E-state index contributed by atoms with van der Waals surface area (Å²) in [6.07, 6.45) is 0.700. The highest BCUT2D eigenvalue weighted by atomic mass is 19.1. The van der Waals surface area contributed by atoms with Crippen LogP contribution in [-0.4, -0.2) is 59.4 Å². The molecule has 1 N–H and O–H groups in total. The van der Waals surface area contributed by atoms with Crippen LogP contribution in [0.2, 0.25) is 0 Å². The van der Waals surface area contributed by atoms with Gasteiger partial charge in [-0.15, -0.1) is 0 Å². The van der Waals surface area contributed by atoms with Crippen molar-refractivity contribution in [2.75, 3.05) is 27.2 Å². The number of aliphatic imine (C=N–C) groups is 1. The summed E-state index contributed by atoms with van der Waals surface area (Å²) in [7, 11) is 3.38. The lowest BCUT2D eigenvalue weighted by molar-refractivity contribution is 0.0637. The SMILES string of the molecule is CCC1=NC2=C(CN(C)CC2)C(O)N1Cc1cc(-c2cc(OC)c(F)cc2C#N)on1. The molecule has 0 saturated heterocycles. The summed E-state index contributed by atoms with van der Waals surface area (Å²) in [6, 6.07) is 6.19. The highest BCUT2D eigenvalue weighted by Crippen LogP contribution is 2.32. The highest BCUT2D eigenvalue weighted by Gasteiger charge is 2.33. The van der Waals surface area contributed by atoms with Gasteiger partial charge in [0.2, 0.25) is 0 Å². The van der Waals surface area contributed by atoms with Crippen LogP contribution in [0.3, 0.4) is 0 Å². The van der Waals surface area contributed by atoms with Crippen LogP contribution in [0.25, 0.3) is 11.3 Å². The highest BCUT2D eigenvalue weighted by molar-refractivity contribution is 5.84. The van der Waals surface area contributed by atoms with Crippen LogP contribution < -0.4 is 4.74 Å². The molecule has 2 aliphatic rings.